The Morgan fingerprint density at radius 3 is 2.58 bits per heavy atom. The number of nitrogens with zero attached hydrogens (tertiary/aromatic N) is 1. The number of carbonyl (C=O) groups is 1. The largest absolute Gasteiger partial charge is 0.393 e. The second kappa shape index (κ2) is 11.3. The number of nitro benzene ring substituents is 1. The molecule has 31 heavy (non-hydrogen) atoms. The van der Waals surface area contributed by atoms with E-state index in [-0.39, 0.29) is 24.7 Å². The normalized spacial score (nSPS) is 24.0. The zero-order chi connectivity index (χ0) is 23.0. The third-order valence-corrected chi connectivity index (χ3v) is 7.35. The Balaban J connectivity index is 2.12. The van der Waals surface area contributed by atoms with Crippen LogP contribution in [-0.2, 0) is 14.8 Å². The Morgan fingerprint density at radius 1 is 1.23 bits per heavy atom. The minimum absolute atomic E-state index is 0.0452. The van der Waals surface area contributed by atoms with E-state index >= 15 is 0 Å². The number of Topliss-reactive ketones (excluding diaryl/α,β-unsaturated/α-hetero) is 1. The molecule has 1 aliphatic carbocycles. The van der Waals surface area contributed by atoms with Crippen molar-refractivity contribution in [2.45, 2.75) is 49.5 Å². The lowest BCUT2D eigenvalue weighted by Crippen LogP contribution is -2.45. The number of aliphatic hydroxyl groups excluding tert-OH is 1. The van der Waals surface area contributed by atoms with E-state index in [1.807, 2.05) is 0 Å². The summed E-state index contributed by atoms with van der Waals surface area (Å²) in [5.41, 5.74) is -0.505. The molecule has 1 aromatic carbocycles. The molecule has 1 saturated carbocycles. The highest BCUT2D eigenvalue weighted by atomic mass is 32.2. The van der Waals surface area contributed by atoms with E-state index in [2.05, 4.69) is 17.9 Å². The molecule has 1 aromatic rings. The van der Waals surface area contributed by atoms with E-state index in [0.717, 1.165) is 18.9 Å². The summed E-state index contributed by atoms with van der Waals surface area (Å²) in [5.74, 6) is -0.953. The van der Waals surface area contributed by atoms with Crippen molar-refractivity contribution in [1.29, 1.82) is 0 Å². The lowest BCUT2D eigenvalue weighted by molar-refractivity contribution is -0.387. The van der Waals surface area contributed by atoms with Crippen molar-refractivity contribution < 1.29 is 23.2 Å². The lowest BCUT2D eigenvalue weighted by atomic mass is 9.67. The summed E-state index contributed by atoms with van der Waals surface area (Å²) >= 11 is 0. The van der Waals surface area contributed by atoms with E-state index in [1.54, 1.807) is 12.2 Å². The van der Waals surface area contributed by atoms with E-state index in [9.17, 15) is 28.4 Å². The molecule has 170 valence electrons. The number of benzene rings is 1. The molecular weight excluding hydrogens is 420 g/mol. The summed E-state index contributed by atoms with van der Waals surface area (Å²) in [4.78, 5) is 22.7. The number of allylic oxidation sites excluding steroid dienone is 2. The third-order valence-electron chi connectivity index (χ3n) is 5.84. The van der Waals surface area contributed by atoms with Crippen LogP contribution in [0.2, 0.25) is 0 Å². The maximum absolute atomic E-state index is 12.7. The summed E-state index contributed by atoms with van der Waals surface area (Å²) in [6.07, 6.45) is 5.97. The summed E-state index contributed by atoms with van der Waals surface area (Å²) in [5, 5.41) is 22.1. The average Bonchev–Trinajstić information content (AvgIpc) is 2.73. The Bertz CT molecular complexity index is 914. The van der Waals surface area contributed by atoms with E-state index in [4.69, 9.17) is 0 Å². The van der Waals surface area contributed by atoms with Crippen molar-refractivity contribution in [3.8, 4) is 0 Å². The van der Waals surface area contributed by atoms with Gasteiger partial charge in [-0.05, 0) is 50.0 Å². The summed E-state index contributed by atoms with van der Waals surface area (Å²) in [7, 11) is -4.12. The predicted octanol–water partition coefficient (Wildman–Crippen LogP) is 3.38. The fourth-order valence-electron chi connectivity index (χ4n) is 4.28. The van der Waals surface area contributed by atoms with Crippen LogP contribution in [0.1, 0.15) is 38.5 Å². The molecule has 0 bridgehead atoms. The van der Waals surface area contributed by atoms with Crippen LogP contribution in [0.3, 0.4) is 0 Å². The first-order chi connectivity index (χ1) is 14.7. The highest BCUT2D eigenvalue weighted by molar-refractivity contribution is 7.89. The molecule has 0 aromatic heterocycles. The van der Waals surface area contributed by atoms with Gasteiger partial charge in [0.05, 0.1) is 11.0 Å². The molecule has 0 radical (unpaired) electrons. The Kier molecular flexibility index (Phi) is 9.09. The highest BCUT2D eigenvalue weighted by Crippen LogP contribution is 2.38. The van der Waals surface area contributed by atoms with Crippen molar-refractivity contribution in [1.82, 2.24) is 4.72 Å². The van der Waals surface area contributed by atoms with Gasteiger partial charge in [-0.15, -0.1) is 13.2 Å². The molecule has 0 saturated heterocycles. The molecule has 0 heterocycles. The Morgan fingerprint density at radius 2 is 1.94 bits per heavy atom. The fourth-order valence-corrected chi connectivity index (χ4v) is 5.50. The van der Waals surface area contributed by atoms with Gasteiger partial charge < -0.3 is 5.11 Å². The first kappa shape index (κ1) is 24.9. The summed E-state index contributed by atoms with van der Waals surface area (Å²) < 4.78 is 27.6. The van der Waals surface area contributed by atoms with Crippen LogP contribution in [0.5, 0.6) is 0 Å². The van der Waals surface area contributed by atoms with Gasteiger partial charge in [0.25, 0.3) is 5.69 Å². The number of carbonyl (C=O) groups excluding carboxylic acids is 1. The predicted molar refractivity (Wildman–Crippen MR) is 118 cm³/mol. The average molecular weight is 451 g/mol. The maximum Gasteiger partial charge on any atom is 0.289 e. The second-order valence-corrected chi connectivity index (χ2v) is 9.58. The minimum Gasteiger partial charge on any atom is -0.393 e. The lowest BCUT2D eigenvalue weighted by Gasteiger charge is -2.39. The topological polar surface area (TPSA) is 127 Å². The molecule has 8 nitrogen and oxygen atoms in total. The first-order valence-corrected chi connectivity index (χ1v) is 11.9. The number of sulfonamides is 1. The van der Waals surface area contributed by atoms with Crippen LogP contribution in [0.25, 0.3) is 0 Å². The Hall–Kier alpha value is -2.36. The van der Waals surface area contributed by atoms with Crippen LogP contribution in [0.4, 0.5) is 5.69 Å². The number of ketones is 1. The van der Waals surface area contributed by atoms with Crippen LogP contribution in [0.15, 0.2) is 54.5 Å². The number of nitrogens with one attached hydrogen (secondary N) is 1. The summed E-state index contributed by atoms with van der Waals surface area (Å²) in [6, 6.07) is 5.12. The number of hydrogen-bond acceptors (Lipinski definition) is 6. The van der Waals surface area contributed by atoms with Crippen molar-refractivity contribution in [2.75, 3.05) is 6.54 Å². The third kappa shape index (κ3) is 6.32. The standard InChI is InChI=1S/C22H30N2O6S/c1-3-5-6-10-16-15-20(25)17(9-4-2)18(22(16)26)13-14-23-31(29,30)21-12-8-7-11-19(21)24(27)28/h3-4,7-8,11-12,16-18,22-23,26H,1-2,5-6,9-10,13-15H2/t16-,17-,18-,22+/m1/s1. The Labute approximate surface area is 183 Å². The first-order valence-electron chi connectivity index (χ1n) is 10.4. The fraction of sp³-hybridized carbons (Fsp3) is 0.500. The molecule has 0 unspecified atom stereocenters. The number of rotatable bonds is 12. The maximum atomic E-state index is 12.7. The van der Waals surface area contributed by atoms with Crippen LogP contribution < -0.4 is 4.72 Å². The zero-order valence-corrected chi connectivity index (χ0v) is 18.3. The van der Waals surface area contributed by atoms with Crippen LogP contribution >= 0.6 is 0 Å². The number of unbranched alkanes of at least 4 members (excludes halogenated alkanes) is 1. The number of aliphatic hydroxyl groups is 1. The van der Waals surface area contributed by atoms with Gasteiger partial charge in [-0.1, -0.05) is 24.3 Å². The van der Waals surface area contributed by atoms with E-state index in [1.165, 1.54) is 18.2 Å². The van der Waals surface area contributed by atoms with Crippen molar-refractivity contribution in [3.05, 3.63) is 59.7 Å². The quantitative estimate of drug-likeness (QED) is 0.218. The van der Waals surface area contributed by atoms with E-state index in [0.29, 0.717) is 19.3 Å². The van der Waals surface area contributed by atoms with Crippen molar-refractivity contribution in [2.24, 2.45) is 17.8 Å². The van der Waals surface area contributed by atoms with Crippen molar-refractivity contribution >= 4 is 21.5 Å². The SMILES string of the molecule is C=CCCC[C@@H]1CC(=O)[C@H](CC=C)[C@@H](CCNS(=O)(=O)c2ccccc2[N+](=O)[O-])[C@H]1O. The number of hydrogen-bond donors (Lipinski definition) is 2. The molecular formula is C22H30N2O6S. The molecule has 1 fully saturated rings. The van der Waals surface area contributed by atoms with Gasteiger partial charge in [-0.2, -0.15) is 0 Å². The molecule has 0 amide bonds. The number of nitro groups is 1. The monoisotopic (exact) mass is 450 g/mol. The van der Waals surface area contributed by atoms with Gasteiger partial charge in [-0.3, -0.25) is 14.9 Å². The van der Waals surface area contributed by atoms with Gasteiger partial charge in [0, 0.05) is 24.9 Å². The minimum atomic E-state index is -4.12. The van der Waals surface area contributed by atoms with Gasteiger partial charge in [-0.25, -0.2) is 13.1 Å². The van der Waals surface area contributed by atoms with Gasteiger partial charge >= 0.3 is 0 Å². The number of para-hydroxylation sites is 1. The molecule has 9 heteroatoms. The summed E-state index contributed by atoms with van der Waals surface area (Å²) in [6.45, 7) is 7.33. The highest BCUT2D eigenvalue weighted by Gasteiger charge is 2.42. The van der Waals surface area contributed by atoms with Crippen molar-refractivity contribution in [3.63, 3.8) is 0 Å². The van der Waals surface area contributed by atoms with Gasteiger partial charge in [0.2, 0.25) is 10.0 Å². The molecule has 2 rings (SSSR count). The smallest absolute Gasteiger partial charge is 0.289 e. The second-order valence-electron chi connectivity index (χ2n) is 7.85. The zero-order valence-electron chi connectivity index (χ0n) is 17.5. The molecule has 0 aliphatic heterocycles. The molecule has 1 aliphatic rings. The molecule has 2 N–H and O–H groups in total. The van der Waals surface area contributed by atoms with E-state index < -0.39 is 43.5 Å². The van der Waals surface area contributed by atoms with Crippen LogP contribution in [0, 0.1) is 27.9 Å². The van der Waals surface area contributed by atoms with Gasteiger partial charge in [0.1, 0.15) is 5.78 Å². The molecule has 4 atom stereocenters. The molecule has 0 spiro atoms. The van der Waals surface area contributed by atoms with Gasteiger partial charge in [0.15, 0.2) is 4.90 Å². The van der Waals surface area contributed by atoms with Crippen LogP contribution in [-0.4, -0.2) is 36.9 Å².